The summed E-state index contributed by atoms with van der Waals surface area (Å²) in [6, 6.07) is 5.83. The predicted molar refractivity (Wildman–Crippen MR) is 139 cm³/mol. The second-order valence-corrected chi connectivity index (χ2v) is 11.9. The molecule has 2 aliphatic carbocycles. The van der Waals surface area contributed by atoms with E-state index < -0.39 is 47.4 Å². The summed E-state index contributed by atoms with van der Waals surface area (Å²) < 4.78 is 39.5. The lowest BCUT2D eigenvalue weighted by Gasteiger charge is -2.37. The first-order chi connectivity index (χ1) is 18.8. The number of alkyl halides is 3. The monoisotopic (exact) mass is 553 g/mol. The van der Waals surface area contributed by atoms with Crippen molar-refractivity contribution in [2.45, 2.75) is 51.5 Å². The van der Waals surface area contributed by atoms with E-state index in [1.54, 1.807) is 27.0 Å². The zero-order valence-corrected chi connectivity index (χ0v) is 22.3. The minimum Gasteiger partial charge on any atom is -0.336 e. The van der Waals surface area contributed by atoms with Gasteiger partial charge in [-0.1, -0.05) is 57.2 Å². The van der Waals surface area contributed by atoms with Crippen LogP contribution in [-0.4, -0.2) is 52.4 Å². The molecule has 11 heteroatoms. The largest absolute Gasteiger partial charge is 0.471 e. The number of hydrogen-bond donors (Lipinski definition) is 2. The first-order valence-corrected chi connectivity index (χ1v) is 13.2. The van der Waals surface area contributed by atoms with Crippen LogP contribution in [0.5, 0.6) is 0 Å². The van der Waals surface area contributed by atoms with Crippen molar-refractivity contribution >= 4 is 28.5 Å². The Morgan fingerprint density at radius 3 is 2.45 bits per heavy atom. The minimum atomic E-state index is -5.17. The molecule has 2 aromatic rings. The number of hydrogen-bond acceptors (Lipinski definition) is 5. The summed E-state index contributed by atoms with van der Waals surface area (Å²) in [6.45, 7) is 4.85. The zero-order chi connectivity index (χ0) is 29.0. The Morgan fingerprint density at radius 1 is 1.07 bits per heavy atom. The first-order valence-electron chi connectivity index (χ1n) is 13.2. The number of benzene rings is 1. The highest BCUT2D eigenvalue weighted by Gasteiger charge is 2.59. The van der Waals surface area contributed by atoms with Gasteiger partial charge in [-0.3, -0.25) is 19.4 Å². The van der Waals surface area contributed by atoms with E-state index in [2.05, 4.69) is 22.4 Å². The molecule has 1 aromatic heterocycles. The molecule has 5 rings (SSSR count). The SMILES string of the molecule is CC(C)(C)[C@H](NC(=O)C(F)(F)F)C(=O)N1C[C@H]2[C@@H]([C@H]1C(=O)NC(C#N)c1cncc3ccccc13)[C@H]1C=C[C@@H]2C1. The Bertz CT molecular complexity index is 1420. The van der Waals surface area contributed by atoms with Crippen molar-refractivity contribution in [3.8, 4) is 6.07 Å². The van der Waals surface area contributed by atoms with Crippen LogP contribution in [0.4, 0.5) is 13.2 Å². The van der Waals surface area contributed by atoms with Crippen molar-refractivity contribution in [2.24, 2.45) is 29.1 Å². The number of carbonyl (C=O) groups is 3. The molecule has 1 saturated carbocycles. The van der Waals surface area contributed by atoms with Crippen molar-refractivity contribution in [1.29, 1.82) is 5.26 Å². The minimum absolute atomic E-state index is 0.0289. The maximum Gasteiger partial charge on any atom is 0.471 e. The molecule has 2 bridgehead atoms. The predicted octanol–water partition coefficient (Wildman–Crippen LogP) is 3.66. The molecule has 1 aromatic carbocycles. The molecule has 3 amide bonds. The Balaban J connectivity index is 1.47. The number of aromatic nitrogens is 1. The lowest BCUT2D eigenvalue weighted by Crippen LogP contribution is -2.60. The normalized spacial score (nSPS) is 26.7. The number of fused-ring (bicyclic) bond motifs is 6. The van der Waals surface area contributed by atoms with Crippen LogP contribution in [0.15, 0.2) is 48.8 Å². The van der Waals surface area contributed by atoms with E-state index >= 15 is 0 Å². The van der Waals surface area contributed by atoms with Crippen molar-refractivity contribution in [1.82, 2.24) is 20.5 Å². The van der Waals surface area contributed by atoms with Gasteiger partial charge in [0, 0.05) is 29.9 Å². The van der Waals surface area contributed by atoms with E-state index in [9.17, 15) is 32.8 Å². The van der Waals surface area contributed by atoms with E-state index in [0.29, 0.717) is 5.56 Å². The summed E-state index contributed by atoms with van der Waals surface area (Å²) in [4.78, 5) is 45.2. The van der Waals surface area contributed by atoms with Crippen LogP contribution >= 0.6 is 0 Å². The van der Waals surface area contributed by atoms with Crippen LogP contribution in [0.2, 0.25) is 0 Å². The number of nitriles is 1. The number of pyridine rings is 1. The number of halogens is 3. The van der Waals surface area contributed by atoms with Crippen LogP contribution in [0.1, 0.15) is 38.8 Å². The average Bonchev–Trinajstić information content (AvgIpc) is 3.61. The van der Waals surface area contributed by atoms with Crippen LogP contribution in [0, 0.1) is 40.4 Å². The summed E-state index contributed by atoms with van der Waals surface area (Å²) >= 11 is 0. The molecule has 1 saturated heterocycles. The molecule has 8 nitrogen and oxygen atoms in total. The highest BCUT2D eigenvalue weighted by atomic mass is 19.4. The second kappa shape index (κ2) is 9.91. The zero-order valence-electron chi connectivity index (χ0n) is 22.3. The summed E-state index contributed by atoms with van der Waals surface area (Å²) in [5.41, 5.74) is -0.572. The van der Waals surface area contributed by atoms with Gasteiger partial charge in [-0.15, -0.1) is 0 Å². The van der Waals surface area contributed by atoms with Gasteiger partial charge >= 0.3 is 12.1 Å². The van der Waals surface area contributed by atoms with Crippen molar-refractivity contribution in [2.75, 3.05) is 6.54 Å². The molecule has 2 N–H and O–H groups in total. The number of likely N-dealkylation sites (tertiary alicyclic amines) is 1. The Kier molecular flexibility index (Phi) is 6.84. The topological polar surface area (TPSA) is 115 Å². The molecule has 0 spiro atoms. The van der Waals surface area contributed by atoms with Crippen LogP contribution < -0.4 is 10.6 Å². The highest BCUT2D eigenvalue weighted by Crippen LogP contribution is 2.54. The van der Waals surface area contributed by atoms with E-state index in [-0.39, 0.29) is 30.2 Å². The standard InChI is InChI=1S/C29H30F3N5O3/c1-28(2,3)24(36-27(40)29(30,31)32)26(39)37-14-20-15-8-9-16(10-15)22(20)23(37)25(38)35-21(11-33)19-13-34-12-17-6-4-5-7-18(17)19/h4-9,12-13,15-16,20-24H,10,14H2,1-3H3,(H,35,38)(H,36,40)/t15-,16+,20-,21?,22+,23+,24-/m1/s1. The Morgan fingerprint density at radius 2 is 1.77 bits per heavy atom. The number of nitrogens with one attached hydrogen (secondary N) is 2. The smallest absolute Gasteiger partial charge is 0.336 e. The van der Waals surface area contributed by atoms with Crippen LogP contribution in [-0.2, 0) is 14.4 Å². The van der Waals surface area contributed by atoms with E-state index in [4.69, 9.17) is 0 Å². The molecule has 1 aliphatic heterocycles. The molecule has 210 valence electrons. The van der Waals surface area contributed by atoms with Gasteiger partial charge in [-0.05, 0) is 40.9 Å². The summed E-state index contributed by atoms with van der Waals surface area (Å²) in [7, 11) is 0. The van der Waals surface area contributed by atoms with Gasteiger partial charge in [0.2, 0.25) is 11.8 Å². The third-order valence-electron chi connectivity index (χ3n) is 8.42. The fourth-order valence-electron chi connectivity index (χ4n) is 6.58. The van der Waals surface area contributed by atoms with Gasteiger partial charge in [-0.25, -0.2) is 0 Å². The van der Waals surface area contributed by atoms with Gasteiger partial charge in [-0.2, -0.15) is 18.4 Å². The van der Waals surface area contributed by atoms with Gasteiger partial charge in [0.1, 0.15) is 18.1 Å². The van der Waals surface area contributed by atoms with Gasteiger partial charge < -0.3 is 15.5 Å². The lowest BCUT2D eigenvalue weighted by molar-refractivity contribution is -0.176. The molecule has 7 atom stereocenters. The van der Waals surface area contributed by atoms with E-state index in [0.717, 1.165) is 17.2 Å². The van der Waals surface area contributed by atoms with Crippen molar-refractivity contribution in [3.05, 3.63) is 54.4 Å². The van der Waals surface area contributed by atoms with Crippen LogP contribution in [0.25, 0.3) is 10.8 Å². The third-order valence-corrected chi connectivity index (χ3v) is 8.42. The van der Waals surface area contributed by atoms with Crippen LogP contribution in [0.3, 0.4) is 0 Å². The number of rotatable bonds is 5. The van der Waals surface area contributed by atoms with Gasteiger partial charge in [0.15, 0.2) is 0 Å². The molecular formula is C29H30F3N5O3. The fourth-order valence-corrected chi connectivity index (χ4v) is 6.58. The lowest BCUT2D eigenvalue weighted by atomic mass is 9.81. The number of carbonyl (C=O) groups excluding carboxylic acids is 3. The van der Waals surface area contributed by atoms with Crippen molar-refractivity contribution in [3.63, 3.8) is 0 Å². The average molecular weight is 554 g/mol. The molecule has 1 unspecified atom stereocenters. The third kappa shape index (κ3) is 4.80. The summed E-state index contributed by atoms with van der Waals surface area (Å²) in [6.07, 6.45) is 2.94. The Hall–Kier alpha value is -3.94. The molecule has 0 radical (unpaired) electrons. The second-order valence-electron chi connectivity index (χ2n) is 11.9. The summed E-state index contributed by atoms with van der Waals surface area (Å²) in [5.74, 6) is -3.64. The molecule has 40 heavy (non-hydrogen) atoms. The quantitative estimate of drug-likeness (QED) is 0.549. The van der Waals surface area contributed by atoms with Crippen molar-refractivity contribution < 1.29 is 27.6 Å². The van der Waals surface area contributed by atoms with E-state index in [1.807, 2.05) is 35.7 Å². The Labute approximate surface area is 229 Å². The molecule has 3 aliphatic rings. The molecule has 2 heterocycles. The molecule has 2 fully saturated rings. The maximum atomic E-state index is 13.9. The maximum absolute atomic E-state index is 13.9. The molecular weight excluding hydrogens is 523 g/mol. The number of allylic oxidation sites excluding steroid dienone is 2. The summed E-state index contributed by atoms with van der Waals surface area (Å²) in [5, 5.41) is 16.2. The van der Waals surface area contributed by atoms with E-state index in [1.165, 1.54) is 11.1 Å². The van der Waals surface area contributed by atoms with Gasteiger partial charge in [0.05, 0.1) is 6.07 Å². The first kappa shape index (κ1) is 27.6. The van der Waals surface area contributed by atoms with Gasteiger partial charge in [0.25, 0.3) is 0 Å². The number of nitrogens with zero attached hydrogens (tertiary/aromatic N) is 3. The number of amides is 3. The highest BCUT2D eigenvalue weighted by molar-refractivity contribution is 5.95. The fraction of sp³-hybridized carbons (Fsp3) is 0.483.